The molecular formula is C23H36N4O3. The zero-order chi connectivity index (χ0) is 21.7. The first-order chi connectivity index (χ1) is 14.4. The summed E-state index contributed by atoms with van der Waals surface area (Å²) >= 11 is 0. The maximum absolute atomic E-state index is 12.6. The summed E-state index contributed by atoms with van der Waals surface area (Å²) < 4.78 is 5.56. The summed E-state index contributed by atoms with van der Waals surface area (Å²) in [4.78, 5) is 31.0. The minimum atomic E-state index is -0.0270. The van der Waals surface area contributed by atoms with E-state index in [1.165, 1.54) is 5.56 Å². The van der Waals surface area contributed by atoms with E-state index >= 15 is 0 Å². The smallest absolute Gasteiger partial charge is 0.319 e. The third-order valence-corrected chi connectivity index (χ3v) is 6.37. The van der Waals surface area contributed by atoms with Crippen LogP contribution < -0.4 is 5.32 Å². The summed E-state index contributed by atoms with van der Waals surface area (Å²) in [7, 11) is 3.60. The minimum absolute atomic E-state index is 0.0270. The lowest BCUT2D eigenvalue weighted by molar-refractivity contribution is 0.0188. The number of hydrogen-bond donors (Lipinski definition) is 1. The molecule has 1 unspecified atom stereocenters. The highest BCUT2D eigenvalue weighted by Crippen LogP contribution is 2.23. The topological polar surface area (TPSA) is 65.1 Å². The number of likely N-dealkylation sites (tertiary alicyclic amines) is 1. The first-order valence-corrected chi connectivity index (χ1v) is 11.0. The van der Waals surface area contributed by atoms with Crippen LogP contribution in [0.5, 0.6) is 0 Å². The summed E-state index contributed by atoms with van der Waals surface area (Å²) in [6.07, 6.45) is 2.98. The van der Waals surface area contributed by atoms with E-state index in [4.69, 9.17) is 4.74 Å². The van der Waals surface area contributed by atoms with Crippen LogP contribution in [0.4, 0.5) is 4.79 Å². The van der Waals surface area contributed by atoms with Crippen molar-refractivity contribution in [1.82, 2.24) is 20.0 Å². The van der Waals surface area contributed by atoms with Crippen molar-refractivity contribution in [3.8, 4) is 0 Å². The van der Waals surface area contributed by atoms with Crippen LogP contribution in [0.15, 0.2) is 18.2 Å². The number of urea groups is 1. The molecule has 2 saturated heterocycles. The summed E-state index contributed by atoms with van der Waals surface area (Å²) in [5.41, 5.74) is 3.03. The molecule has 1 atom stereocenters. The molecule has 0 aromatic heterocycles. The first kappa shape index (κ1) is 22.6. The van der Waals surface area contributed by atoms with Gasteiger partial charge in [0.1, 0.15) is 0 Å². The minimum Gasteiger partial charge on any atom is -0.381 e. The van der Waals surface area contributed by atoms with E-state index in [2.05, 4.69) is 17.1 Å². The Morgan fingerprint density at radius 3 is 2.50 bits per heavy atom. The Hall–Kier alpha value is -2.12. The van der Waals surface area contributed by atoms with Gasteiger partial charge in [0.15, 0.2) is 0 Å². The number of amides is 3. The predicted molar refractivity (Wildman–Crippen MR) is 118 cm³/mol. The summed E-state index contributed by atoms with van der Waals surface area (Å²) in [6.45, 7) is 8.56. The molecule has 7 nitrogen and oxygen atoms in total. The van der Waals surface area contributed by atoms with E-state index in [0.29, 0.717) is 24.2 Å². The number of carbonyl (C=O) groups is 2. The molecule has 0 radical (unpaired) electrons. The lowest BCUT2D eigenvalue weighted by atomic mass is 10.0. The number of aryl methyl sites for hydroxylation is 2. The van der Waals surface area contributed by atoms with Crippen molar-refractivity contribution in [3.05, 3.63) is 34.9 Å². The van der Waals surface area contributed by atoms with E-state index in [9.17, 15) is 9.59 Å². The molecule has 1 aromatic rings. The molecule has 0 aliphatic carbocycles. The molecule has 2 aliphatic rings. The molecule has 0 saturated carbocycles. The molecule has 30 heavy (non-hydrogen) atoms. The van der Waals surface area contributed by atoms with Crippen LogP contribution in [0.2, 0.25) is 0 Å². The van der Waals surface area contributed by atoms with Crippen LogP contribution in [0.1, 0.15) is 40.7 Å². The fourth-order valence-corrected chi connectivity index (χ4v) is 4.43. The number of benzene rings is 1. The quantitative estimate of drug-likeness (QED) is 0.773. The Morgan fingerprint density at radius 2 is 1.83 bits per heavy atom. The fourth-order valence-electron chi connectivity index (χ4n) is 4.43. The molecule has 2 aliphatic heterocycles. The number of nitrogens with one attached hydrogen (secondary N) is 1. The van der Waals surface area contributed by atoms with Crippen molar-refractivity contribution in [2.45, 2.75) is 45.2 Å². The fraction of sp³-hybridized carbons (Fsp3) is 0.652. The molecular weight excluding hydrogens is 380 g/mol. The summed E-state index contributed by atoms with van der Waals surface area (Å²) in [6, 6.07) is 6.67. The molecule has 166 valence electrons. The lowest BCUT2D eigenvalue weighted by Gasteiger charge is -2.38. The average Bonchev–Trinajstić information content (AvgIpc) is 3.22. The van der Waals surface area contributed by atoms with Gasteiger partial charge < -0.3 is 19.9 Å². The predicted octanol–water partition coefficient (Wildman–Crippen LogP) is 2.27. The second-order valence-corrected chi connectivity index (χ2v) is 8.70. The Kier molecular flexibility index (Phi) is 7.72. The van der Waals surface area contributed by atoms with Crippen molar-refractivity contribution in [3.63, 3.8) is 0 Å². The Labute approximate surface area is 180 Å². The van der Waals surface area contributed by atoms with Gasteiger partial charge in [0.2, 0.25) is 0 Å². The highest BCUT2D eigenvalue weighted by molar-refractivity contribution is 5.94. The van der Waals surface area contributed by atoms with Gasteiger partial charge in [-0.05, 0) is 56.4 Å². The van der Waals surface area contributed by atoms with Gasteiger partial charge in [0.25, 0.3) is 5.91 Å². The van der Waals surface area contributed by atoms with E-state index in [1.54, 1.807) is 19.0 Å². The normalized spacial score (nSPS) is 19.9. The van der Waals surface area contributed by atoms with Gasteiger partial charge in [0.05, 0.1) is 0 Å². The van der Waals surface area contributed by atoms with Crippen LogP contribution >= 0.6 is 0 Å². The lowest BCUT2D eigenvalue weighted by Crippen LogP contribution is -2.50. The molecule has 0 bridgehead atoms. The van der Waals surface area contributed by atoms with E-state index in [-0.39, 0.29) is 11.9 Å². The zero-order valence-electron chi connectivity index (χ0n) is 18.8. The molecule has 1 N–H and O–H groups in total. The molecule has 2 fully saturated rings. The van der Waals surface area contributed by atoms with Gasteiger partial charge >= 0.3 is 6.03 Å². The van der Waals surface area contributed by atoms with Gasteiger partial charge in [-0.2, -0.15) is 0 Å². The van der Waals surface area contributed by atoms with Crippen LogP contribution in [-0.2, 0) is 4.74 Å². The second-order valence-electron chi connectivity index (χ2n) is 8.70. The Bertz CT molecular complexity index is 746. The third kappa shape index (κ3) is 5.52. The Balaban J connectivity index is 1.59. The van der Waals surface area contributed by atoms with E-state index in [1.807, 2.05) is 30.0 Å². The van der Waals surface area contributed by atoms with Gasteiger partial charge in [-0.15, -0.1) is 0 Å². The van der Waals surface area contributed by atoms with Crippen LogP contribution in [-0.4, -0.2) is 92.2 Å². The first-order valence-electron chi connectivity index (χ1n) is 11.0. The van der Waals surface area contributed by atoms with Gasteiger partial charge in [-0.25, -0.2) is 4.79 Å². The van der Waals surface area contributed by atoms with Crippen molar-refractivity contribution < 1.29 is 14.3 Å². The largest absolute Gasteiger partial charge is 0.381 e. The van der Waals surface area contributed by atoms with Crippen LogP contribution in [0.3, 0.4) is 0 Å². The molecule has 3 rings (SSSR count). The van der Waals surface area contributed by atoms with Crippen molar-refractivity contribution in [1.29, 1.82) is 0 Å². The Morgan fingerprint density at radius 1 is 1.10 bits per heavy atom. The molecule has 3 amide bonds. The van der Waals surface area contributed by atoms with Crippen molar-refractivity contribution >= 4 is 11.9 Å². The highest BCUT2D eigenvalue weighted by atomic mass is 16.5. The van der Waals surface area contributed by atoms with Crippen molar-refractivity contribution in [2.24, 2.45) is 0 Å². The van der Waals surface area contributed by atoms with E-state index in [0.717, 1.165) is 57.7 Å². The zero-order valence-corrected chi connectivity index (χ0v) is 18.8. The maximum atomic E-state index is 12.6. The van der Waals surface area contributed by atoms with Crippen LogP contribution in [0.25, 0.3) is 0 Å². The van der Waals surface area contributed by atoms with Crippen molar-refractivity contribution in [2.75, 3.05) is 53.5 Å². The number of rotatable bonds is 6. The van der Waals surface area contributed by atoms with Crippen LogP contribution in [0, 0.1) is 13.8 Å². The van der Waals surface area contributed by atoms with E-state index < -0.39 is 0 Å². The number of carbonyl (C=O) groups excluding carboxylic acids is 2. The highest BCUT2D eigenvalue weighted by Gasteiger charge is 2.34. The third-order valence-electron chi connectivity index (χ3n) is 6.37. The standard InChI is InChI=1S/C23H36N4O3/c1-17-5-6-19(15-18(17)2)22(28)24-10-12-27(20-8-13-30-14-9-20)21-7-11-26(16-21)23(29)25(3)4/h5-6,15,20-21H,7-14,16H2,1-4H3,(H,24,28). The molecule has 7 heteroatoms. The molecule has 1 aromatic carbocycles. The van der Waals surface area contributed by atoms with Gasteiger partial charge in [0, 0.05) is 71.1 Å². The summed E-state index contributed by atoms with van der Waals surface area (Å²) in [5, 5.41) is 3.09. The number of ether oxygens (including phenoxy) is 1. The number of nitrogens with zero attached hydrogens (tertiary/aromatic N) is 3. The second kappa shape index (κ2) is 10.3. The van der Waals surface area contributed by atoms with Gasteiger partial charge in [-0.3, -0.25) is 9.69 Å². The SMILES string of the molecule is Cc1ccc(C(=O)NCCN(C2CCOCC2)C2CCN(C(=O)N(C)C)C2)cc1C. The molecule has 2 heterocycles. The maximum Gasteiger partial charge on any atom is 0.319 e. The average molecular weight is 417 g/mol. The monoisotopic (exact) mass is 416 g/mol. The number of hydrogen-bond acceptors (Lipinski definition) is 4. The molecule has 0 spiro atoms. The summed E-state index contributed by atoms with van der Waals surface area (Å²) in [5.74, 6) is -0.0270. The van der Waals surface area contributed by atoms with Gasteiger partial charge in [-0.1, -0.05) is 6.07 Å².